The van der Waals surface area contributed by atoms with Gasteiger partial charge in [0, 0.05) is 5.56 Å². The predicted molar refractivity (Wildman–Crippen MR) is 97.3 cm³/mol. The SMILES string of the molecule is C/C=C/c1oc(C(=O)OCC)c(C(=O)OCC)c1-c1ccc(OC)cc1. The minimum absolute atomic E-state index is 0.0589. The smallest absolute Gasteiger partial charge is 0.375 e. The monoisotopic (exact) mass is 358 g/mol. The molecule has 0 aliphatic rings. The van der Waals surface area contributed by atoms with E-state index in [1.165, 1.54) is 0 Å². The first-order chi connectivity index (χ1) is 12.6. The highest BCUT2D eigenvalue weighted by Crippen LogP contribution is 2.35. The Labute approximate surface area is 152 Å². The molecule has 2 rings (SSSR count). The zero-order valence-corrected chi connectivity index (χ0v) is 15.3. The standard InChI is InChI=1S/C20H22O6/c1-5-8-15-16(13-9-11-14(23-4)12-10-13)17(19(21)24-6-2)18(26-15)20(22)25-7-3/h5,8-12H,6-7H2,1-4H3/b8-5+. The topological polar surface area (TPSA) is 75.0 Å². The van der Waals surface area contributed by atoms with E-state index in [1.807, 2.05) is 6.92 Å². The lowest BCUT2D eigenvalue weighted by atomic mass is 9.99. The van der Waals surface area contributed by atoms with Crippen molar-refractivity contribution >= 4 is 18.0 Å². The largest absolute Gasteiger partial charge is 0.497 e. The molecule has 0 spiro atoms. The van der Waals surface area contributed by atoms with Crippen LogP contribution in [-0.4, -0.2) is 32.3 Å². The summed E-state index contributed by atoms with van der Waals surface area (Å²) >= 11 is 0. The van der Waals surface area contributed by atoms with Crippen LogP contribution in [0.3, 0.4) is 0 Å². The number of benzene rings is 1. The Balaban J connectivity index is 2.72. The lowest BCUT2D eigenvalue weighted by Crippen LogP contribution is -2.12. The van der Waals surface area contributed by atoms with Gasteiger partial charge in [-0.05, 0) is 44.5 Å². The third-order valence-electron chi connectivity index (χ3n) is 3.57. The molecule has 0 atom stereocenters. The van der Waals surface area contributed by atoms with Gasteiger partial charge in [0.1, 0.15) is 17.1 Å². The number of hydrogen-bond acceptors (Lipinski definition) is 6. The molecule has 6 nitrogen and oxygen atoms in total. The van der Waals surface area contributed by atoms with Crippen molar-refractivity contribution in [1.82, 2.24) is 0 Å². The van der Waals surface area contributed by atoms with Crippen LogP contribution in [0.5, 0.6) is 5.75 Å². The number of ether oxygens (including phenoxy) is 3. The van der Waals surface area contributed by atoms with Crippen molar-refractivity contribution in [2.24, 2.45) is 0 Å². The third kappa shape index (κ3) is 3.96. The second-order valence-corrected chi connectivity index (χ2v) is 5.21. The highest BCUT2D eigenvalue weighted by molar-refractivity contribution is 6.08. The summed E-state index contributed by atoms with van der Waals surface area (Å²) in [6, 6.07) is 7.10. The highest BCUT2D eigenvalue weighted by atomic mass is 16.5. The molecule has 0 saturated carbocycles. The van der Waals surface area contributed by atoms with Gasteiger partial charge in [-0.15, -0.1) is 0 Å². The maximum Gasteiger partial charge on any atom is 0.375 e. The molecule has 0 unspecified atom stereocenters. The van der Waals surface area contributed by atoms with E-state index in [9.17, 15) is 9.59 Å². The molecular formula is C20H22O6. The predicted octanol–water partition coefficient (Wildman–Crippen LogP) is 4.34. The summed E-state index contributed by atoms with van der Waals surface area (Å²) in [5.41, 5.74) is 1.23. The second kappa shape index (κ2) is 8.89. The molecule has 0 aliphatic heterocycles. The summed E-state index contributed by atoms with van der Waals surface area (Å²) in [6.45, 7) is 5.53. The Morgan fingerprint density at radius 2 is 1.65 bits per heavy atom. The number of methoxy groups -OCH3 is 1. The normalized spacial score (nSPS) is 10.8. The van der Waals surface area contributed by atoms with Gasteiger partial charge >= 0.3 is 11.9 Å². The van der Waals surface area contributed by atoms with Crippen molar-refractivity contribution in [1.29, 1.82) is 0 Å². The minimum Gasteiger partial charge on any atom is -0.497 e. The summed E-state index contributed by atoms with van der Waals surface area (Å²) in [7, 11) is 1.57. The lowest BCUT2D eigenvalue weighted by Gasteiger charge is -2.07. The van der Waals surface area contributed by atoms with Crippen LogP contribution >= 0.6 is 0 Å². The van der Waals surface area contributed by atoms with Gasteiger partial charge in [-0.1, -0.05) is 18.2 Å². The van der Waals surface area contributed by atoms with Gasteiger partial charge in [0.15, 0.2) is 0 Å². The van der Waals surface area contributed by atoms with Crippen LogP contribution in [0.4, 0.5) is 0 Å². The van der Waals surface area contributed by atoms with Crippen molar-refractivity contribution in [2.45, 2.75) is 20.8 Å². The van der Waals surface area contributed by atoms with Crippen LogP contribution in [0.15, 0.2) is 34.8 Å². The van der Waals surface area contributed by atoms with Crippen LogP contribution in [-0.2, 0) is 9.47 Å². The van der Waals surface area contributed by atoms with Gasteiger partial charge in [0.2, 0.25) is 5.76 Å². The Kier molecular flexibility index (Phi) is 6.60. The second-order valence-electron chi connectivity index (χ2n) is 5.21. The number of furan rings is 1. The highest BCUT2D eigenvalue weighted by Gasteiger charge is 2.31. The first-order valence-corrected chi connectivity index (χ1v) is 8.35. The Morgan fingerprint density at radius 3 is 2.19 bits per heavy atom. The van der Waals surface area contributed by atoms with E-state index in [2.05, 4.69) is 0 Å². The van der Waals surface area contributed by atoms with E-state index >= 15 is 0 Å². The van der Waals surface area contributed by atoms with Crippen LogP contribution in [0.1, 0.15) is 47.4 Å². The third-order valence-corrected chi connectivity index (χ3v) is 3.57. The molecule has 0 bridgehead atoms. The molecule has 26 heavy (non-hydrogen) atoms. The van der Waals surface area contributed by atoms with Crippen molar-refractivity contribution < 1.29 is 28.2 Å². The molecular weight excluding hydrogens is 336 g/mol. The van der Waals surface area contributed by atoms with Crippen LogP contribution in [0, 0.1) is 0 Å². The zero-order chi connectivity index (χ0) is 19.1. The molecule has 1 aromatic carbocycles. The van der Waals surface area contributed by atoms with Crippen LogP contribution < -0.4 is 4.74 Å². The first-order valence-electron chi connectivity index (χ1n) is 8.35. The molecule has 0 fully saturated rings. The van der Waals surface area contributed by atoms with Crippen LogP contribution in [0.25, 0.3) is 17.2 Å². The number of hydrogen-bond donors (Lipinski definition) is 0. The van der Waals surface area contributed by atoms with Gasteiger partial charge < -0.3 is 18.6 Å². The number of carbonyl (C=O) groups excluding carboxylic acids is 2. The van der Waals surface area contributed by atoms with Gasteiger partial charge in [-0.2, -0.15) is 0 Å². The average molecular weight is 358 g/mol. The summed E-state index contributed by atoms with van der Waals surface area (Å²) in [5.74, 6) is -0.455. The fourth-order valence-corrected chi connectivity index (χ4v) is 2.50. The zero-order valence-electron chi connectivity index (χ0n) is 15.3. The number of rotatable bonds is 7. The van der Waals surface area contributed by atoms with Crippen LogP contribution in [0.2, 0.25) is 0 Å². The fraction of sp³-hybridized carbons (Fsp3) is 0.300. The van der Waals surface area contributed by atoms with Crippen molar-refractivity contribution in [3.05, 3.63) is 47.4 Å². The molecule has 0 aliphatic carbocycles. The van der Waals surface area contributed by atoms with E-state index in [4.69, 9.17) is 18.6 Å². The molecule has 1 heterocycles. The quantitative estimate of drug-likeness (QED) is 0.685. The number of esters is 2. The Bertz CT molecular complexity index is 798. The van der Waals surface area contributed by atoms with E-state index in [0.717, 1.165) is 0 Å². The van der Waals surface area contributed by atoms with Gasteiger partial charge in [-0.3, -0.25) is 0 Å². The molecule has 0 saturated heterocycles. The molecule has 6 heteroatoms. The van der Waals surface area contributed by atoms with Gasteiger partial charge in [-0.25, -0.2) is 9.59 Å². The molecule has 0 radical (unpaired) electrons. The molecule has 0 N–H and O–H groups in total. The van der Waals surface area contributed by atoms with Gasteiger partial charge in [0.25, 0.3) is 0 Å². The Morgan fingerprint density at radius 1 is 1.04 bits per heavy atom. The average Bonchev–Trinajstić information content (AvgIpc) is 3.02. The minimum atomic E-state index is -0.707. The summed E-state index contributed by atoms with van der Waals surface area (Å²) < 4.78 is 21.0. The summed E-state index contributed by atoms with van der Waals surface area (Å²) in [6.07, 6.45) is 3.45. The molecule has 0 amide bonds. The fourth-order valence-electron chi connectivity index (χ4n) is 2.50. The maximum absolute atomic E-state index is 12.6. The Hall–Kier alpha value is -3.02. The van der Waals surface area contributed by atoms with Crippen molar-refractivity contribution in [3.63, 3.8) is 0 Å². The first kappa shape index (κ1) is 19.3. The maximum atomic E-state index is 12.6. The summed E-state index contributed by atoms with van der Waals surface area (Å²) in [5, 5.41) is 0. The van der Waals surface area contributed by atoms with Gasteiger partial charge in [0.05, 0.1) is 20.3 Å². The van der Waals surface area contributed by atoms with E-state index in [0.29, 0.717) is 22.6 Å². The van der Waals surface area contributed by atoms with Crippen molar-refractivity contribution in [3.8, 4) is 16.9 Å². The van der Waals surface area contributed by atoms with E-state index in [1.54, 1.807) is 57.4 Å². The van der Waals surface area contributed by atoms with Crippen molar-refractivity contribution in [2.75, 3.05) is 20.3 Å². The summed E-state index contributed by atoms with van der Waals surface area (Å²) in [4.78, 5) is 24.9. The number of allylic oxidation sites excluding steroid dienone is 1. The van der Waals surface area contributed by atoms with E-state index in [-0.39, 0.29) is 24.5 Å². The molecule has 2 aromatic rings. The molecule has 1 aromatic heterocycles. The lowest BCUT2D eigenvalue weighted by molar-refractivity contribution is 0.0452. The van der Waals surface area contributed by atoms with E-state index < -0.39 is 11.9 Å². The number of carbonyl (C=O) groups is 2. The molecule has 138 valence electrons.